The van der Waals surface area contributed by atoms with Crippen LogP contribution in [0.1, 0.15) is 131 Å². The number of ether oxygens (including phenoxy) is 4. The molecule has 2 atom stereocenters. The zero-order valence-electron chi connectivity index (χ0n) is 49.7. The number of aryl methyl sites for hydroxylation is 1. The van der Waals surface area contributed by atoms with Crippen LogP contribution in [0, 0.1) is 18.2 Å². The predicted molar refractivity (Wildman–Crippen MR) is 326 cm³/mol. The molecule has 0 unspecified atom stereocenters. The van der Waals surface area contributed by atoms with Gasteiger partial charge in [0.05, 0.1) is 54.7 Å². The number of carbonyl (C=O) groups is 4. The number of nitrogens with zero attached hydrogens (tertiary/aromatic N) is 5. The number of carbonyl (C=O) groups excluding carboxylic acids is 4. The minimum atomic E-state index is -0.757. The molecule has 0 spiro atoms. The third kappa shape index (κ3) is 19.2. The number of nitrogens with one attached hydrogen (secondary N) is 6. The number of benzene rings is 3. The monoisotopic (exact) mass is 1190 g/mol. The highest BCUT2D eigenvalue weighted by Gasteiger charge is 2.42. The summed E-state index contributed by atoms with van der Waals surface area (Å²) < 4.78 is 38.0. The van der Waals surface area contributed by atoms with E-state index in [4.69, 9.17) is 18.9 Å². The number of likely N-dealkylation sites (tertiary alicyclic amines) is 1. The average molecular weight is 1190 g/mol. The van der Waals surface area contributed by atoms with Crippen molar-refractivity contribution in [2.24, 2.45) is 5.41 Å². The number of pyridine rings is 1. The Morgan fingerprint density at radius 1 is 0.788 bits per heavy atom. The molecule has 8 rings (SSSR count). The van der Waals surface area contributed by atoms with Crippen molar-refractivity contribution in [3.05, 3.63) is 131 Å². The molecule has 85 heavy (non-hydrogen) atoms. The molecule has 0 saturated carbocycles. The largest absolute Gasteiger partial charge is 0.494 e. The van der Waals surface area contributed by atoms with Crippen molar-refractivity contribution >= 4 is 40.7 Å². The van der Waals surface area contributed by atoms with Crippen molar-refractivity contribution in [2.75, 3.05) is 71.2 Å². The van der Waals surface area contributed by atoms with Crippen LogP contribution in [0.15, 0.2) is 96.8 Å². The summed E-state index contributed by atoms with van der Waals surface area (Å²) >= 11 is 1.60. The Bertz CT molecular complexity index is 3060. The number of hydrogen-bond acceptors (Lipinski definition) is 15. The first-order chi connectivity index (χ1) is 41.3. The molecule has 456 valence electrons. The van der Waals surface area contributed by atoms with E-state index in [9.17, 15) is 23.6 Å². The van der Waals surface area contributed by atoms with Gasteiger partial charge in [-0.05, 0) is 143 Å². The van der Waals surface area contributed by atoms with Gasteiger partial charge in [-0.2, -0.15) is 0 Å². The first kappa shape index (κ1) is 63.8. The van der Waals surface area contributed by atoms with Crippen molar-refractivity contribution in [3.63, 3.8) is 0 Å². The highest BCUT2D eigenvalue weighted by atomic mass is 32.1. The molecule has 3 aromatic heterocycles. The molecule has 6 N–H and O–H groups in total. The molecule has 4 amide bonds. The number of piperidine rings is 1. The van der Waals surface area contributed by atoms with Gasteiger partial charge in [0.15, 0.2) is 11.6 Å². The van der Waals surface area contributed by atoms with Gasteiger partial charge in [0.25, 0.3) is 5.91 Å². The van der Waals surface area contributed by atoms with Crippen molar-refractivity contribution in [3.8, 4) is 27.6 Å². The molecule has 2 fully saturated rings. The van der Waals surface area contributed by atoms with Crippen molar-refractivity contribution in [2.45, 2.75) is 135 Å². The van der Waals surface area contributed by atoms with E-state index in [-0.39, 0.29) is 30.2 Å². The number of anilines is 1. The SMILES string of the molecule is Cc1ncsc1-c1ccc(CNC(=O)[C@@H]2CCCN2C(=O)[C@@H](NC(=O)CCCCCOCCOCCOCCCCCCOc2ccc(F)c(CNC(=O)c3cccc(NC4(c5nnc(-c6ccncc6)[nH]5)CCNCC4)c3)c2)C(C)(C)C)cc1. The normalized spacial score (nSPS) is 15.3. The van der Waals surface area contributed by atoms with Crippen molar-refractivity contribution in [1.29, 1.82) is 0 Å². The van der Waals surface area contributed by atoms with Crippen molar-refractivity contribution in [1.82, 2.24) is 51.3 Å². The van der Waals surface area contributed by atoms with Crippen LogP contribution in [0.5, 0.6) is 5.75 Å². The number of aromatic nitrogens is 5. The minimum Gasteiger partial charge on any atom is -0.494 e. The fraction of sp³-hybridized carbons (Fsp3) is 0.500. The smallest absolute Gasteiger partial charge is 0.251 e. The van der Waals surface area contributed by atoms with Crippen LogP contribution in [0.2, 0.25) is 0 Å². The van der Waals surface area contributed by atoms with Crippen LogP contribution in [-0.4, -0.2) is 132 Å². The molecule has 21 heteroatoms. The zero-order valence-corrected chi connectivity index (χ0v) is 50.5. The third-order valence-corrected chi connectivity index (χ3v) is 16.4. The lowest BCUT2D eigenvalue weighted by Crippen LogP contribution is -2.57. The summed E-state index contributed by atoms with van der Waals surface area (Å²) in [5.41, 5.74) is 6.24. The van der Waals surface area contributed by atoms with Crippen LogP contribution in [0.25, 0.3) is 21.8 Å². The molecule has 5 heterocycles. The average Bonchev–Trinajstić information content (AvgIpc) is 2.93. The number of hydrogen-bond donors (Lipinski definition) is 6. The molecule has 19 nitrogen and oxygen atoms in total. The number of rotatable bonds is 33. The Morgan fingerprint density at radius 2 is 1.49 bits per heavy atom. The summed E-state index contributed by atoms with van der Waals surface area (Å²) in [5, 5.41) is 25.0. The van der Waals surface area contributed by atoms with Crippen molar-refractivity contribution < 1.29 is 42.5 Å². The zero-order chi connectivity index (χ0) is 59.9. The number of thiazole rings is 1. The maximum Gasteiger partial charge on any atom is 0.251 e. The fourth-order valence-corrected chi connectivity index (χ4v) is 11.3. The van der Waals surface area contributed by atoms with Crippen LogP contribution in [0.3, 0.4) is 0 Å². The van der Waals surface area contributed by atoms with Gasteiger partial charge < -0.3 is 55.4 Å². The fourth-order valence-electron chi connectivity index (χ4n) is 10.5. The Morgan fingerprint density at radius 3 is 2.20 bits per heavy atom. The van der Waals surface area contributed by atoms with E-state index in [1.807, 2.05) is 81.7 Å². The van der Waals surface area contributed by atoms with E-state index in [0.29, 0.717) is 101 Å². The number of amides is 4. The molecule has 0 radical (unpaired) electrons. The van der Waals surface area contributed by atoms with Crippen LogP contribution in [0.4, 0.5) is 10.1 Å². The number of halogens is 1. The summed E-state index contributed by atoms with van der Waals surface area (Å²) in [4.78, 5) is 68.5. The summed E-state index contributed by atoms with van der Waals surface area (Å²) in [5.74, 6) is 0.598. The van der Waals surface area contributed by atoms with E-state index in [1.54, 1.807) is 52.9 Å². The lowest BCUT2D eigenvalue weighted by Gasteiger charge is -2.37. The number of unbranched alkanes of at least 4 members (excludes halogenated alkanes) is 5. The molecule has 6 aromatic rings. The Balaban J connectivity index is 0.618. The summed E-state index contributed by atoms with van der Waals surface area (Å²) in [7, 11) is 0. The molecule has 2 saturated heterocycles. The van der Waals surface area contributed by atoms with Gasteiger partial charge >= 0.3 is 0 Å². The number of aromatic amines is 1. The quantitative estimate of drug-likeness (QED) is 0.0211. The maximum absolute atomic E-state index is 14.9. The molecule has 0 aliphatic carbocycles. The number of H-pyrrole nitrogens is 1. The van der Waals surface area contributed by atoms with Crippen LogP contribution >= 0.6 is 11.3 Å². The highest BCUT2D eigenvalue weighted by Crippen LogP contribution is 2.35. The third-order valence-electron chi connectivity index (χ3n) is 15.4. The van der Waals surface area contributed by atoms with Gasteiger partial charge in [-0.3, -0.25) is 24.2 Å². The maximum atomic E-state index is 14.9. The topological polar surface area (TPSA) is 236 Å². The Hall–Kier alpha value is -7.17. The van der Waals surface area contributed by atoms with E-state index in [1.165, 1.54) is 6.07 Å². The Kier molecular flexibility index (Phi) is 24.3. The highest BCUT2D eigenvalue weighted by molar-refractivity contribution is 7.13. The van der Waals surface area contributed by atoms with Crippen LogP contribution < -0.4 is 31.3 Å². The molecule has 2 aliphatic heterocycles. The van der Waals surface area contributed by atoms with Gasteiger partial charge in [-0.1, -0.05) is 63.9 Å². The van der Waals surface area contributed by atoms with E-state index >= 15 is 0 Å². The lowest BCUT2D eigenvalue weighted by molar-refractivity contribution is -0.143. The van der Waals surface area contributed by atoms with E-state index < -0.39 is 28.9 Å². The van der Waals surface area contributed by atoms with E-state index in [0.717, 1.165) is 110 Å². The van der Waals surface area contributed by atoms with Gasteiger partial charge in [0.2, 0.25) is 17.7 Å². The second-order valence-corrected chi connectivity index (χ2v) is 23.7. The second-order valence-electron chi connectivity index (χ2n) is 22.9. The molecule has 2 aliphatic rings. The summed E-state index contributed by atoms with van der Waals surface area (Å²) in [6.45, 7) is 13.8. The van der Waals surface area contributed by atoms with Crippen LogP contribution in [-0.2, 0) is 47.2 Å². The predicted octanol–water partition coefficient (Wildman–Crippen LogP) is 9.45. The van der Waals surface area contributed by atoms with Gasteiger partial charge in [-0.15, -0.1) is 21.5 Å². The molecule has 3 aromatic carbocycles. The van der Waals surface area contributed by atoms with Gasteiger partial charge in [0, 0.05) is 74.0 Å². The lowest BCUT2D eigenvalue weighted by atomic mass is 9.85. The minimum absolute atomic E-state index is 0.000823. The van der Waals surface area contributed by atoms with Gasteiger partial charge in [0.1, 0.15) is 23.7 Å². The first-order valence-corrected chi connectivity index (χ1v) is 30.9. The second kappa shape index (κ2) is 32.4. The molecular formula is C64H84FN11O8S. The van der Waals surface area contributed by atoms with Gasteiger partial charge in [-0.25, -0.2) is 9.37 Å². The standard InChI is InChI=1S/C64H84FN11O8S/c1-45-56(85-44-70-45)47-20-18-46(19-21-47)42-68-60(79)54-16-13-32-76(54)61(80)57(63(2,3)4)71-55(77)17-8-7-10-34-82-37-39-83-38-36-81-33-9-5-6-11-35-84-52-22-23-53(65)50(41-52)43-69-59(78)49-14-12-15-51(40-49)73-64(26-30-67-31-27-64)62-72-58(74-75-62)48-24-28-66-29-25-48/h12,14-15,18-25,28-29,40-41,44,54,57,67,73H,5-11,13,16-17,26-27,30-39,42-43H2,1-4H3,(H,68,79)(H,69,78)(H,71,77)(H,72,74,75)/t54-,57+/m0/s1. The first-order valence-electron chi connectivity index (χ1n) is 30.0. The van der Waals surface area contributed by atoms with E-state index in [2.05, 4.69) is 51.7 Å². The summed E-state index contributed by atoms with van der Waals surface area (Å²) in [6.07, 6.45) is 12.5. The molecule has 0 bridgehead atoms. The molecular weight excluding hydrogens is 1100 g/mol. The Labute approximate surface area is 502 Å². The summed E-state index contributed by atoms with van der Waals surface area (Å²) in [6, 6.07) is 22.4.